The summed E-state index contributed by atoms with van der Waals surface area (Å²) in [5.41, 5.74) is 2.20. The standard InChI is InChI=1S/C16H13Cl2N3S/c1-8-19-15(21-12-6-5-9(17)7-11(12)18)14-10-3-2-4-13(10)22-16(14)20-8/h5-7H,2-4H2,1H3,(H,19,20,21). The summed E-state index contributed by atoms with van der Waals surface area (Å²) in [6.45, 7) is 1.92. The second kappa shape index (κ2) is 5.37. The zero-order valence-electron chi connectivity index (χ0n) is 11.9. The number of anilines is 2. The fourth-order valence-corrected chi connectivity index (χ4v) is 4.67. The third-order valence-electron chi connectivity index (χ3n) is 3.86. The monoisotopic (exact) mass is 349 g/mol. The van der Waals surface area contributed by atoms with Crippen molar-refractivity contribution in [3.8, 4) is 0 Å². The van der Waals surface area contributed by atoms with Gasteiger partial charge in [-0.15, -0.1) is 11.3 Å². The van der Waals surface area contributed by atoms with Gasteiger partial charge in [0.1, 0.15) is 16.5 Å². The fourth-order valence-electron chi connectivity index (χ4n) is 2.91. The Morgan fingerprint density at radius 3 is 2.86 bits per heavy atom. The molecule has 3 nitrogen and oxygen atoms in total. The Balaban J connectivity index is 1.87. The van der Waals surface area contributed by atoms with Crippen molar-refractivity contribution < 1.29 is 0 Å². The molecule has 0 bridgehead atoms. The second-order valence-electron chi connectivity index (χ2n) is 5.41. The number of aromatic nitrogens is 2. The van der Waals surface area contributed by atoms with Crippen LogP contribution in [0.2, 0.25) is 10.0 Å². The van der Waals surface area contributed by atoms with Gasteiger partial charge >= 0.3 is 0 Å². The number of rotatable bonds is 2. The molecule has 1 aromatic carbocycles. The van der Waals surface area contributed by atoms with Crippen molar-refractivity contribution in [2.24, 2.45) is 0 Å². The van der Waals surface area contributed by atoms with Crippen LogP contribution in [0.1, 0.15) is 22.7 Å². The minimum absolute atomic E-state index is 0.587. The molecule has 1 N–H and O–H groups in total. The molecule has 2 heterocycles. The third-order valence-corrected chi connectivity index (χ3v) is 5.59. The molecule has 2 aromatic heterocycles. The molecular formula is C16H13Cl2N3S. The van der Waals surface area contributed by atoms with Crippen LogP contribution in [0.25, 0.3) is 10.2 Å². The molecule has 112 valence electrons. The Labute approximate surface area is 142 Å². The second-order valence-corrected chi connectivity index (χ2v) is 7.33. The zero-order valence-corrected chi connectivity index (χ0v) is 14.2. The van der Waals surface area contributed by atoms with Crippen LogP contribution in [0, 0.1) is 6.92 Å². The van der Waals surface area contributed by atoms with Crippen LogP contribution in [0.4, 0.5) is 11.5 Å². The molecule has 6 heteroatoms. The van der Waals surface area contributed by atoms with Crippen LogP contribution in [-0.2, 0) is 12.8 Å². The molecule has 1 aliphatic rings. The van der Waals surface area contributed by atoms with Crippen LogP contribution < -0.4 is 5.32 Å². The molecular weight excluding hydrogens is 337 g/mol. The first-order valence-corrected chi connectivity index (χ1v) is 8.70. The number of nitrogens with one attached hydrogen (secondary N) is 1. The van der Waals surface area contributed by atoms with Crippen molar-refractivity contribution in [2.45, 2.75) is 26.2 Å². The van der Waals surface area contributed by atoms with E-state index in [2.05, 4.69) is 15.3 Å². The SMILES string of the molecule is Cc1nc(Nc2ccc(Cl)cc2Cl)c2c3c(sc2n1)CCC3. The molecule has 3 aromatic rings. The first-order valence-electron chi connectivity index (χ1n) is 7.13. The molecule has 0 aliphatic heterocycles. The lowest BCUT2D eigenvalue weighted by Crippen LogP contribution is -1.99. The van der Waals surface area contributed by atoms with Crippen molar-refractivity contribution in [2.75, 3.05) is 5.32 Å². The molecule has 0 amide bonds. The Morgan fingerprint density at radius 1 is 1.18 bits per heavy atom. The summed E-state index contributed by atoms with van der Waals surface area (Å²) in [5.74, 6) is 1.60. The number of halogens is 2. The Kier molecular flexibility index (Phi) is 3.48. The van der Waals surface area contributed by atoms with E-state index >= 15 is 0 Å². The molecule has 0 atom stereocenters. The highest BCUT2D eigenvalue weighted by Crippen LogP contribution is 2.40. The molecule has 0 fully saturated rings. The number of thiophene rings is 1. The highest BCUT2D eigenvalue weighted by atomic mass is 35.5. The predicted molar refractivity (Wildman–Crippen MR) is 93.9 cm³/mol. The molecule has 0 radical (unpaired) electrons. The summed E-state index contributed by atoms with van der Waals surface area (Å²) in [4.78, 5) is 11.7. The summed E-state index contributed by atoms with van der Waals surface area (Å²) in [6.07, 6.45) is 3.47. The number of hydrogen-bond donors (Lipinski definition) is 1. The minimum Gasteiger partial charge on any atom is -0.338 e. The van der Waals surface area contributed by atoms with E-state index in [1.54, 1.807) is 17.4 Å². The summed E-state index contributed by atoms with van der Waals surface area (Å²) < 4.78 is 0. The Bertz CT molecular complexity index is 889. The molecule has 0 saturated heterocycles. The lowest BCUT2D eigenvalue weighted by Gasteiger charge is -2.10. The Morgan fingerprint density at radius 2 is 2.05 bits per heavy atom. The van der Waals surface area contributed by atoms with E-state index in [4.69, 9.17) is 23.2 Å². The van der Waals surface area contributed by atoms with E-state index in [9.17, 15) is 0 Å². The van der Waals surface area contributed by atoms with Gasteiger partial charge in [-0.25, -0.2) is 9.97 Å². The first kappa shape index (κ1) is 14.2. The molecule has 0 unspecified atom stereocenters. The van der Waals surface area contributed by atoms with Gasteiger partial charge < -0.3 is 5.32 Å². The maximum Gasteiger partial charge on any atom is 0.143 e. The smallest absolute Gasteiger partial charge is 0.143 e. The molecule has 0 saturated carbocycles. The van der Waals surface area contributed by atoms with E-state index in [0.717, 1.165) is 40.4 Å². The average Bonchev–Trinajstić information content (AvgIpc) is 3.01. The largest absolute Gasteiger partial charge is 0.338 e. The number of benzene rings is 1. The van der Waals surface area contributed by atoms with Crippen LogP contribution >= 0.6 is 34.5 Å². The van der Waals surface area contributed by atoms with E-state index in [-0.39, 0.29) is 0 Å². The van der Waals surface area contributed by atoms with Gasteiger partial charge in [0, 0.05) is 9.90 Å². The van der Waals surface area contributed by atoms with E-state index in [0.29, 0.717) is 10.0 Å². The first-order chi connectivity index (χ1) is 10.6. The predicted octanol–water partition coefficient (Wildman–Crippen LogP) is 5.54. The van der Waals surface area contributed by atoms with Gasteiger partial charge in [-0.05, 0) is 49.9 Å². The third kappa shape index (κ3) is 2.35. The van der Waals surface area contributed by atoms with Crippen molar-refractivity contribution in [3.05, 3.63) is 44.5 Å². The highest BCUT2D eigenvalue weighted by molar-refractivity contribution is 7.19. The van der Waals surface area contributed by atoms with Crippen molar-refractivity contribution in [1.82, 2.24) is 9.97 Å². The Hall–Kier alpha value is -1.36. The normalized spacial score (nSPS) is 13.6. The quantitative estimate of drug-likeness (QED) is 0.659. The zero-order chi connectivity index (χ0) is 15.3. The molecule has 0 spiro atoms. The average molecular weight is 350 g/mol. The lowest BCUT2D eigenvalue weighted by molar-refractivity contribution is 0.917. The topological polar surface area (TPSA) is 37.8 Å². The number of hydrogen-bond acceptors (Lipinski definition) is 4. The highest BCUT2D eigenvalue weighted by Gasteiger charge is 2.22. The summed E-state index contributed by atoms with van der Waals surface area (Å²) in [6, 6.07) is 5.42. The van der Waals surface area contributed by atoms with Gasteiger partial charge in [-0.1, -0.05) is 23.2 Å². The summed E-state index contributed by atoms with van der Waals surface area (Å²) in [7, 11) is 0. The maximum absolute atomic E-state index is 6.27. The molecule has 4 rings (SSSR count). The van der Waals surface area contributed by atoms with Gasteiger partial charge in [0.2, 0.25) is 0 Å². The van der Waals surface area contributed by atoms with E-state index < -0.39 is 0 Å². The van der Waals surface area contributed by atoms with Crippen LogP contribution in [0.3, 0.4) is 0 Å². The fraction of sp³-hybridized carbons (Fsp3) is 0.250. The van der Waals surface area contributed by atoms with Crippen molar-refractivity contribution >= 4 is 56.3 Å². The van der Waals surface area contributed by atoms with Gasteiger partial charge in [0.05, 0.1) is 16.1 Å². The summed E-state index contributed by atoms with van der Waals surface area (Å²) in [5, 5.41) is 5.72. The van der Waals surface area contributed by atoms with Crippen molar-refractivity contribution in [3.63, 3.8) is 0 Å². The molecule has 1 aliphatic carbocycles. The van der Waals surface area contributed by atoms with Crippen LogP contribution in [0.5, 0.6) is 0 Å². The molecule has 22 heavy (non-hydrogen) atoms. The van der Waals surface area contributed by atoms with Crippen LogP contribution in [-0.4, -0.2) is 9.97 Å². The van der Waals surface area contributed by atoms with Gasteiger partial charge in [-0.3, -0.25) is 0 Å². The van der Waals surface area contributed by atoms with Gasteiger partial charge in [0.25, 0.3) is 0 Å². The minimum atomic E-state index is 0.587. The van der Waals surface area contributed by atoms with Gasteiger partial charge in [-0.2, -0.15) is 0 Å². The number of aryl methyl sites for hydroxylation is 3. The number of nitrogens with zero attached hydrogens (tertiary/aromatic N) is 2. The van der Waals surface area contributed by atoms with E-state index in [1.807, 2.05) is 19.1 Å². The summed E-state index contributed by atoms with van der Waals surface area (Å²) >= 11 is 14.0. The van der Waals surface area contributed by atoms with Crippen LogP contribution in [0.15, 0.2) is 18.2 Å². The van der Waals surface area contributed by atoms with Crippen molar-refractivity contribution in [1.29, 1.82) is 0 Å². The van der Waals surface area contributed by atoms with Gasteiger partial charge in [0.15, 0.2) is 0 Å². The maximum atomic E-state index is 6.27. The lowest BCUT2D eigenvalue weighted by atomic mass is 10.2. The van der Waals surface area contributed by atoms with E-state index in [1.165, 1.54) is 16.9 Å². The number of fused-ring (bicyclic) bond motifs is 3.